The van der Waals surface area contributed by atoms with Crippen molar-refractivity contribution in [3.05, 3.63) is 95.1 Å². The minimum Gasteiger partial charge on any atom is -0.461 e. The third-order valence-electron chi connectivity index (χ3n) is 7.92. The summed E-state index contributed by atoms with van der Waals surface area (Å²) < 4.78 is 10.6. The number of carbonyl (C=O) groups excluding carboxylic acids is 2. The molecule has 2 aromatic carbocycles. The van der Waals surface area contributed by atoms with E-state index in [4.69, 9.17) is 19.7 Å². The minimum atomic E-state index is -0.696. The molecule has 216 valence electrons. The highest BCUT2D eigenvalue weighted by Gasteiger charge is 2.24. The molecular formula is C34H44O6. The van der Waals surface area contributed by atoms with Crippen molar-refractivity contribution in [1.29, 1.82) is 0 Å². The van der Waals surface area contributed by atoms with Crippen molar-refractivity contribution in [2.75, 3.05) is 26.4 Å². The van der Waals surface area contributed by atoms with Gasteiger partial charge in [0.05, 0.1) is 30.3 Å². The number of benzene rings is 2. The van der Waals surface area contributed by atoms with E-state index in [1.807, 2.05) is 12.1 Å². The number of aliphatic hydroxyl groups excluding tert-OH is 2. The molecule has 3 rings (SSSR count). The predicted octanol–water partition coefficient (Wildman–Crippen LogP) is 6.13. The van der Waals surface area contributed by atoms with Gasteiger partial charge in [0.25, 0.3) is 0 Å². The topological polar surface area (TPSA) is 93.1 Å². The normalized spacial score (nSPS) is 16.9. The highest BCUT2D eigenvalue weighted by molar-refractivity contribution is 5.88. The molecule has 1 aliphatic rings. The van der Waals surface area contributed by atoms with E-state index in [1.165, 1.54) is 55.2 Å². The zero-order valence-corrected chi connectivity index (χ0v) is 23.8. The minimum absolute atomic E-state index is 0.0431. The van der Waals surface area contributed by atoms with Crippen LogP contribution in [0.15, 0.2) is 72.8 Å². The molecule has 0 unspecified atom stereocenters. The summed E-state index contributed by atoms with van der Waals surface area (Å²) in [6.45, 7) is 8.15. The van der Waals surface area contributed by atoms with Crippen LogP contribution >= 0.6 is 0 Å². The molecule has 1 aliphatic carbocycles. The number of aryl methyl sites for hydroxylation is 1. The van der Waals surface area contributed by atoms with Crippen LogP contribution in [0.1, 0.15) is 91.9 Å². The van der Waals surface area contributed by atoms with Gasteiger partial charge in [-0.25, -0.2) is 9.59 Å². The molecule has 1 fully saturated rings. The molecule has 6 nitrogen and oxygen atoms in total. The molecule has 0 bridgehead atoms. The Kier molecular flexibility index (Phi) is 12.6. The molecule has 0 atom stereocenters. The van der Waals surface area contributed by atoms with Gasteiger partial charge in [0.15, 0.2) is 0 Å². The van der Waals surface area contributed by atoms with E-state index in [0.717, 1.165) is 18.4 Å². The lowest BCUT2D eigenvalue weighted by atomic mass is 9.76. The standard InChI is InChI=1S/C34H44O6/c1-4-5-6-7-26-8-10-27(11-9-26)28-12-14-29(15-13-28)30-16-18-31(19-17-30)32(22-39-33(37)24(2)20-35)23-40-34(38)25(3)21-36/h8-11,16-19,28-29,32,35-36H,2-7,12-15,20-23H2,1H3. The van der Waals surface area contributed by atoms with Crippen molar-refractivity contribution < 1.29 is 29.3 Å². The Labute approximate surface area is 238 Å². The lowest BCUT2D eigenvalue weighted by Gasteiger charge is -2.29. The second-order valence-electron chi connectivity index (χ2n) is 10.8. The number of aliphatic hydroxyl groups is 2. The Hall–Kier alpha value is -3.22. The molecule has 0 radical (unpaired) electrons. The molecule has 0 saturated heterocycles. The van der Waals surface area contributed by atoms with Crippen molar-refractivity contribution in [3.8, 4) is 0 Å². The van der Waals surface area contributed by atoms with Gasteiger partial charge in [0.1, 0.15) is 13.2 Å². The van der Waals surface area contributed by atoms with E-state index >= 15 is 0 Å². The molecule has 0 amide bonds. The fraction of sp³-hybridized carbons (Fsp3) is 0.471. The first kappa shape index (κ1) is 31.3. The molecule has 0 aromatic heterocycles. The number of unbranched alkanes of at least 4 members (excludes halogenated alkanes) is 2. The maximum Gasteiger partial charge on any atom is 0.335 e. The SMILES string of the molecule is C=C(CO)C(=O)OCC(COC(=O)C(=C)CO)c1ccc(C2CCC(c3ccc(CCCCC)cc3)CC2)cc1. The number of carbonyl (C=O) groups is 2. The Bertz CT molecular complexity index is 1080. The maximum absolute atomic E-state index is 12.0. The van der Waals surface area contributed by atoms with Crippen LogP contribution in [-0.2, 0) is 25.5 Å². The zero-order chi connectivity index (χ0) is 28.9. The van der Waals surface area contributed by atoms with E-state index in [-0.39, 0.29) is 24.4 Å². The first-order valence-corrected chi connectivity index (χ1v) is 14.5. The number of ether oxygens (including phenoxy) is 2. The summed E-state index contributed by atoms with van der Waals surface area (Å²) in [5.74, 6) is -0.707. The van der Waals surface area contributed by atoms with Crippen LogP contribution in [0.25, 0.3) is 0 Å². The zero-order valence-electron chi connectivity index (χ0n) is 23.8. The van der Waals surface area contributed by atoms with E-state index in [2.05, 4.69) is 56.5 Å². The average Bonchev–Trinajstić information content (AvgIpc) is 3.00. The van der Waals surface area contributed by atoms with Gasteiger partial charge in [0, 0.05) is 0 Å². The van der Waals surface area contributed by atoms with E-state index in [9.17, 15) is 9.59 Å². The highest BCUT2D eigenvalue weighted by Crippen LogP contribution is 2.40. The smallest absolute Gasteiger partial charge is 0.335 e. The van der Waals surface area contributed by atoms with Crippen molar-refractivity contribution in [3.63, 3.8) is 0 Å². The van der Waals surface area contributed by atoms with Crippen LogP contribution in [0.2, 0.25) is 0 Å². The van der Waals surface area contributed by atoms with Gasteiger partial charge in [0.2, 0.25) is 0 Å². The van der Waals surface area contributed by atoms with Crippen LogP contribution in [0.4, 0.5) is 0 Å². The number of hydrogen-bond donors (Lipinski definition) is 2. The van der Waals surface area contributed by atoms with Gasteiger partial charge in [-0.2, -0.15) is 0 Å². The summed E-state index contributed by atoms with van der Waals surface area (Å²) in [6, 6.07) is 17.5. The Morgan fingerprint density at radius 2 is 1.23 bits per heavy atom. The first-order valence-electron chi connectivity index (χ1n) is 14.5. The molecule has 0 aliphatic heterocycles. The summed E-state index contributed by atoms with van der Waals surface area (Å²) in [7, 11) is 0. The predicted molar refractivity (Wildman–Crippen MR) is 157 cm³/mol. The van der Waals surface area contributed by atoms with Crippen LogP contribution in [-0.4, -0.2) is 48.6 Å². The summed E-state index contributed by atoms with van der Waals surface area (Å²) in [4.78, 5) is 24.1. The Balaban J connectivity index is 1.59. The van der Waals surface area contributed by atoms with Gasteiger partial charge >= 0.3 is 11.9 Å². The van der Waals surface area contributed by atoms with Crippen LogP contribution in [0.3, 0.4) is 0 Å². The van der Waals surface area contributed by atoms with Crippen LogP contribution in [0.5, 0.6) is 0 Å². The van der Waals surface area contributed by atoms with Gasteiger partial charge in [-0.1, -0.05) is 81.5 Å². The number of esters is 2. The summed E-state index contributed by atoms with van der Waals surface area (Å²) in [6.07, 6.45) is 9.56. The van der Waals surface area contributed by atoms with E-state index in [0.29, 0.717) is 11.8 Å². The van der Waals surface area contributed by atoms with E-state index in [1.54, 1.807) is 0 Å². The second-order valence-corrected chi connectivity index (χ2v) is 10.8. The molecule has 1 saturated carbocycles. The van der Waals surface area contributed by atoms with E-state index < -0.39 is 31.1 Å². The van der Waals surface area contributed by atoms with Crippen LogP contribution in [0, 0.1) is 0 Å². The molecule has 2 aromatic rings. The average molecular weight is 549 g/mol. The van der Waals surface area contributed by atoms with Gasteiger partial charge in [-0.15, -0.1) is 0 Å². The number of rotatable bonds is 15. The number of hydrogen-bond acceptors (Lipinski definition) is 6. The summed E-state index contributed by atoms with van der Waals surface area (Å²) >= 11 is 0. The second kappa shape index (κ2) is 16.1. The Morgan fingerprint density at radius 3 is 1.65 bits per heavy atom. The maximum atomic E-state index is 12.0. The fourth-order valence-electron chi connectivity index (χ4n) is 5.26. The highest BCUT2D eigenvalue weighted by atomic mass is 16.5. The first-order chi connectivity index (χ1) is 19.4. The van der Waals surface area contributed by atoms with Gasteiger partial charge in [-0.3, -0.25) is 0 Å². The molecule has 2 N–H and O–H groups in total. The lowest BCUT2D eigenvalue weighted by molar-refractivity contribution is -0.142. The monoisotopic (exact) mass is 548 g/mol. The van der Waals surface area contributed by atoms with Gasteiger partial charge < -0.3 is 19.7 Å². The van der Waals surface area contributed by atoms with Crippen LogP contribution < -0.4 is 0 Å². The molecule has 6 heteroatoms. The molecule has 0 spiro atoms. The van der Waals surface area contributed by atoms with Crippen molar-refractivity contribution in [2.45, 2.75) is 76.0 Å². The van der Waals surface area contributed by atoms with Crippen molar-refractivity contribution in [1.82, 2.24) is 0 Å². The van der Waals surface area contributed by atoms with Crippen molar-refractivity contribution >= 4 is 11.9 Å². The lowest BCUT2D eigenvalue weighted by Crippen LogP contribution is -2.21. The van der Waals surface area contributed by atoms with Gasteiger partial charge in [-0.05, 0) is 72.6 Å². The quantitative estimate of drug-likeness (QED) is 0.158. The largest absolute Gasteiger partial charge is 0.461 e. The molecule has 0 heterocycles. The fourth-order valence-corrected chi connectivity index (χ4v) is 5.26. The molecule has 40 heavy (non-hydrogen) atoms. The third kappa shape index (κ3) is 9.17. The Morgan fingerprint density at radius 1 is 0.775 bits per heavy atom. The van der Waals surface area contributed by atoms with Crippen molar-refractivity contribution in [2.24, 2.45) is 0 Å². The summed E-state index contributed by atoms with van der Waals surface area (Å²) in [5, 5.41) is 18.3. The summed E-state index contributed by atoms with van der Waals surface area (Å²) in [5.41, 5.74) is 4.94. The third-order valence-corrected chi connectivity index (χ3v) is 7.92. The molecular weight excluding hydrogens is 504 g/mol.